The van der Waals surface area contributed by atoms with Crippen molar-refractivity contribution in [2.45, 2.75) is 46.1 Å². The molecule has 0 aliphatic heterocycles. The van der Waals surface area contributed by atoms with E-state index in [-0.39, 0.29) is 36.9 Å². The monoisotopic (exact) mass is 477 g/mol. The fourth-order valence-electron chi connectivity index (χ4n) is 3.53. The van der Waals surface area contributed by atoms with E-state index in [0.29, 0.717) is 5.56 Å². The maximum absolute atomic E-state index is 12.9. The summed E-state index contributed by atoms with van der Waals surface area (Å²) in [6.45, 7) is 7.83. The second-order valence-corrected chi connectivity index (χ2v) is 9.90. The lowest BCUT2D eigenvalue weighted by atomic mass is 10.0. The van der Waals surface area contributed by atoms with Gasteiger partial charge in [0.2, 0.25) is 15.9 Å². The van der Waals surface area contributed by atoms with Gasteiger partial charge in [-0.1, -0.05) is 45.0 Å². The van der Waals surface area contributed by atoms with E-state index in [0.717, 1.165) is 21.9 Å². The van der Waals surface area contributed by atoms with E-state index >= 15 is 0 Å². The number of nitro groups is 1. The highest BCUT2D eigenvalue weighted by Gasteiger charge is 2.33. The Kier molecular flexibility index (Phi) is 8.81. The number of para-hydroxylation sites is 1. The number of benzene rings is 2. The van der Waals surface area contributed by atoms with Gasteiger partial charge in [-0.3, -0.25) is 19.2 Å². The molecular weight excluding hydrogens is 446 g/mol. The number of amides is 1. The van der Waals surface area contributed by atoms with Crippen molar-refractivity contribution in [3.8, 4) is 5.75 Å². The van der Waals surface area contributed by atoms with Crippen molar-refractivity contribution in [3.63, 3.8) is 0 Å². The highest BCUT2D eigenvalue weighted by atomic mass is 32.2. The molecule has 1 atom stereocenters. The minimum absolute atomic E-state index is 0.107. The summed E-state index contributed by atoms with van der Waals surface area (Å²) in [5.74, 6) is 0.509. The maximum Gasteiger partial charge on any atom is 0.271 e. The summed E-state index contributed by atoms with van der Waals surface area (Å²) in [6.07, 6.45) is 1.16. The molecule has 0 aromatic heterocycles. The van der Waals surface area contributed by atoms with Gasteiger partial charge in [-0.05, 0) is 36.5 Å². The lowest BCUT2D eigenvalue weighted by Gasteiger charge is -2.31. The molecule has 180 valence electrons. The topological polar surface area (TPSA) is 119 Å². The van der Waals surface area contributed by atoms with Crippen LogP contribution in [0.15, 0.2) is 42.5 Å². The quantitative estimate of drug-likeness (QED) is 0.299. The molecule has 2 rings (SSSR count). The van der Waals surface area contributed by atoms with Crippen molar-refractivity contribution >= 4 is 27.3 Å². The molecule has 0 spiro atoms. The zero-order valence-electron chi connectivity index (χ0n) is 19.6. The number of nitro benzene ring substituents is 1. The third-order valence-corrected chi connectivity index (χ3v) is 6.34. The number of hydrogen-bond acceptors (Lipinski definition) is 6. The Morgan fingerprint density at radius 1 is 1.21 bits per heavy atom. The van der Waals surface area contributed by atoms with Crippen LogP contribution < -0.4 is 14.4 Å². The Morgan fingerprint density at radius 3 is 2.45 bits per heavy atom. The first-order chi connectivity index (χ1) is 15.5. The molecule has 0 fully saturated rings. The molecular formula is C23H31N3O6S. The number of non-ortho nitro benzene ring substituents is 1. The van der Waals surface area contributed by atoms with E-state index in [2.05, 4.69) is 19.2 Å². The SMILES string of the molecule is CC[C@H](C(=O)NCCOc1ccccc1C(C)C)N(c1cc([N+](=O)[O-])ccc1C)S(C)(=O)=O. The number of carbonyl (C=O) groups excluding carboxylic acids is 1. The second-order valence-electron chi connectivity index (χ2n) is 8.04. The fraction of sp³-hybridized carbons (Fsp3) is 0.435. The highest BCUT2D eigenvalue weighted by Crippen LogP contribution is 2.30. The average molecular weight is 478 g/mol. The van der Waals surface area contributed by atoms with Gasteiger partial charge in [0.15, 0.2) is 0 Å². The number of sulfonamides is 1. The Balaban J connectivity index is 2.18. The fourth-order valence-corrected chi connectivity index (χ4v) is 4.79. The van der Waals surface area contributed by atoms with E-state index in [1.54, 1.807) is 13.8 Å². The summed E-state index contributed by atoms with van der Waals surface area (Å²) >= 11 is 0. The van der Waals surface area contributed by atoms with Crippen LogP contribution in [-0.2, 0) is 14.8 Å². The number of aryl methyl sites for hydroxylation is 1. The maximum atomic E-state index is 12.9. The average Bonchev–Trinajstić information content (AvgIpc) is 2.74. The lowest BCUT2D eigenvalue weighted by Crippen LogP contribution is -2.50. The second kappa shape index (κ2) is 11.1. The van der Waals surface area contributed by atoms with Crippen molar-refractivity contribution in [1.29, 1.82) is 0 Å². The molecule has 9 nitrogen and oxygen atoms in total. The summed E-state index contributed by atoms with van der Waals surface area (Å²) in [5, 5.41) is 13.9. The third-order valence-electron chi connectivity index (χ3n) is 5.17. The van der Waals surface area contributed by atoms with Crippen LogP contribution in [0.1, 0.15) is 44.2 Å². The first-order valence-electron chi connectivity index (χ1n) is 10.7. The van der Waals surface area contributed by atoms with Gasteiger partial charge in [-0.25, -0.2) is 8.42 Å². The van der Waals surface area contributed by atoms with Crippen molar-refractivity contribution < 1.29 is 22.9 Å². The highest BCUT2D eigenvalue weighted by molar-refractivity contribution is 7.92. The third kappa shape index (κ3) is 6.67. The van der Waals surface area contributed by atoms with Crippen LogP contribution >= 0.6 is 0 Å². The van der Waals surface area contributed by atoms with E-state index < -0.39 is 26.9 Å². The van der Waals surface area contributed by atoms with Crippen LogP contribution in [-0.4, -0.2) is 44.7 Å². The lowest BCUT2D eigenvalue weighted by molar-refractivity contribution is -0.384. The standard InChI is InChI=1S/C23H31N3O6S/c1-6-20(23(27)24-13-14-32-22-10-8-7-9-19(22)16(2)3)25(33(5,30)31)21-15-18(26(28)29)12-11-17(21)4/h7-12,15-16,20H,6,13-14H2,1-5H3,(H,24,27)/t20-/m1/s1. The Bertz CT molecular complexity index is 1100. The zero-order valence-corrected chi connectivity index (χ0v) is 20.4. The Morgan fingerprint density at radius 2 is 1.88 bits per heavy atom. The smallest absolute Gasteiger partial charge is 0.271 e. The van der Waals surface area contributed by atoms with Crippen molar-refractivity contribution in [3.05, 3.63) is 63.7 Å². The molecule has 0 aliphatic rings. The summed E-state index contributed by atoms with van der Waals surface area (Å²) in [6, 6.07) is 10.5. The van der Waals surface area contributed by atoms with E-state index in [9.17, 15) is 23.3 Å². The summed E-state index contributed by atoms with van der Waals surface area (Å²) in [7, 11) is -3.91. The minimum Gasteiger partial charge on any atom is -0.491 e. The predicted molar refractivity (Wildman–Crippen MR) is 128 cm³/mol. The summed E-state index contributed by atoms with van der Waals surface area (Å²) in [4.78, 5) is 23.6. The number of carbonyl (C=O) groups is 1. The van der Waals surface area contributed by atoms with Crippen molar-refractivity contribution in [2.75, 3.05) is 23.7 Å². The van der Waals surface area contributed by atoms with Crippen LogP contribution in [0.25, 0.3) is 0 Å². The minimum atomic E-state index is -3.91. The molecule has 0 saturated carbocycles. The van der Waals surface area contributed by atoms with E-state index in [1.165, 1.54) is 18.2 Å². The van der Waals surface area contributed by atoms with Gasteiger partial charge in [0.25, 0.3) is 5.69 Å². The molecule has 0 aliphatic carbocycles. The molecule has 0 unspecified atom stereocenters. The van der Waals surface area contributed by atoms with Crippen LogP contribution in [0.3, 0.4) is 0 Å². The van der Waals surface area contributed by atoms with Gasteiger partial charge in [0.05, 0.1) is 23.4 Å². The summed E-state index contributed by atoms with van der Waals surface area (Å²) < 4.78 is 32.0. The first kappa shape index (κ1) is 26.1. The van der Waals surface area contributed by atoms with E-state index in [1.807, 2.05) is 24.3 Å². The van der Waals surface area contributed by atoms with Crippen molar-refractivity contribution in [1.82, 2.24) is 5.32 Å². The van der Waals surface area contributed by atoms with Crippen LogP contribution in [0.4, 0.5) is 11.4 Å². The molecule has 2 aromatic rings. The molecule has 1 amide bonds. The van der Waals surface area contributed by atoms with Gasteiger partial charge in [0.1, 0.15) is 18.4 Å². The molecule has 0 bridgehead atoms. The van der Waals surface area contributed by atoms with Gasteiger partial charge in [-0.2, -0.15) is 0 Å². The predicted octanol–water partition coefficient (Wildman–Crippen LogP) is 3.77. The molecule has 33 heavy (non-hydrogen) atoms. The largest absolute Gasteiger partial charge is 0.491 e. The number of ether oxygens (including phenoxy) is 1. The zero-order chi connectivity index (χ0) is 24.8. The molecule has 2 aromatic carbocycles. The molecule has 1 N–H and O–H groups in total. The first-order valence-corrected chi connectivity index (χ1v) is 12.6. The number of nitrogens with zero attached hydrogens (tertiary/aromatic N) is 2. The number of nitrogens with one attached hydrogen (secondary N) is 1. The van der Waals surface area contributed by atoms with Crippen LogP contribution in [0.5, 0.6) is 5.75 Å². The molecule has 0 heterocycles. The van der Waals surface area contributed by atoms with E-state index in [4.69, 9.17) is 4.74 Å². The Labute approximate surface area is 195 Å². The van der Waals surface area contributed by atoms with Gasteiger partial charge in [-0.15, -0.1) is 0 Å². The Hall–Kier alpha value is -3.14. The normalized spacial score (nSPS) is 12.3. The number of anilines is 1. The summed E-state index contributed by atoms with van der Waals surface area (Å²) in [5.41, 5.74) is 1.41. The van der Waals surface area contributed by atoms with Crippen molar-refractivity contribution in [2.24, 2.45) is 0 Å². The molecule has 0 saturated heterocycles. The molecule has 10 heteroatoms. The number of rotatable bonds is 11. The molecule has 0 radical (unpaired) electrons. The van der Waals surface area contributed by atoms with Gasteiger partial charge < -0.3 is 10.1 Å². The van der Waals surface area contributed by atoms with Crippen LogP contribution in [0, 0.1) is 17.0 Å². The van der Waals surface area contributed by atoms with Gasteiger partial charge in [0, 0.05) is 12.1 Å². The van der Waals surface area contributed by atoms with Gasteiger partial charge >= 0.3 is 0 Å². The van der Waals surface area contributed by atoms with Crippen LogP contribution in [0.2, 0.25) is 0 Å². The number of hydrogen-bond donors (Lipinski definition) is 1.